The van der Waals surface area contributed by atoms with Gasteiger partial charge in [-0.1, -0.05) is 36.4 Å². The quantitative estimate of drug-likeness (QED) is 0.637. The van der Waals surface area contributed by atoms with Gasteiger partial charge in [0.1, 0.15) is 0 Å². The molecule has 0 spiro atoms. The maximum Gasteiger partial charge on any atom is 0.253 e. The third-order valence-corrected chi connectivity index (χ3v) is 5.94. The van der Waals surface area contributed by atoms with Crippen molar-refractivity contribution in [3.63, 3.8) is 0 Å². The van der Waals surface area contributed by atoms with Crippen LogP contribution in [0.1, 0.15) is 39.4 Å². The second-order valence-corrected chi connectivity index (χ2v) is 8.38. The number of benzene rings is 2. The summed E-state index contributed by atoms with van der Waals surface area (Å²) in [5.74, 6) is 0.229. The molecule has 3 aromatic rings. The maximum absolute atomic E-state index is 12.9. The first-order valence-electron chi connectivity index (χ1n) is 10.6. The van der Waals surface area contributed by atoms with Gasteiger partial charge in [-0.2, -0.15) is 5.10 Å². The molecule has 2 aromatic carbocycles. The molecule has 160 valence electrons. The van der Waals surface area contributed by atoms with Crippen molar-refractivity contribution >= 4 is 17.5 Å². The van der Waals surface area contributed by atoms with E-state index in [1.54, 1.807) is 22.7 Å². The number of nitrogens with zero attached hydrogens (tertiary/aromatic N) is 3. The number of hydrogen-bond acceptors (Lipinski definition) is 3. The fraction of sp³-hybridized carbons (Fsp3) is 0.320. The topological polar surface area (TPSA) is 67.2 Å². The molecule has 31 heavy (non-hydrogen) atoms. The van der Waals surface area contributed by atoms with Crippen molar-refractivity contribution in [3.8, 4) is 0 Å². The summed E-state index contributed by atoms with van der Waals surface area (Å²) in [6.07, 6.45) is 5.38. The fourth-order valence-electron chi connectivity index (χ4n) is 3.89. The molecule has 1 N–H and O–H groups in total. The normalized spacial score (nSPS) is 17.3. The van der Waals surface area contributed by atoms with Crippen LogP contribution < -0.4 is 5.32 Å². The molecule has 2 atom stereocenters. The van der Waals surface area contributed by atoms with Crippen LogP contribution in [0.5, 0.6) is 0 Å². The van der Waals surface area contributed by atoms with Gasteiger partial charge in [-0.3, -0.25) is 14.3 Å². The number of rotatable bonds is 7. The van der Waals surface area contributed by atoms with Gasteiger partial charge in [0.2, 0.25) is 5.91 Å². The van der Waals surface area contributed by atoms with Crippen molar-refractivity contribution in [2.45, 2.75) is 25.7 Å². The number of carbonyl (C=O) groups excluding carboxylic acids is 2. The molecule has 0 radical (unpaired) electrons. The van der Waals surface area contributed by atoms with Crippen LogP contribution in [-0.2, 0) is 18.3 Å². The Labute approximate surface area is 182 Å². The van der Waals surface area contributed by atoms with E-state index < -0.39 is 0 Å². The minimum atomic E-state index is -0.0621. The highest BCUT2D eigenvalue weighted by molar-refractivity contribution is 5.99. The number of nitrogens with one attached hydrogen (secondary N) is 1. The molecule has 0 bridgehead atoms. The molecule has 2 amide bonds. The third kappa shape index (κ3) is 4.85. The van der Waals surface area contributed by atoms with Gasteiger partial charge in [-0.15, -0.1) is 0 Å². The molecule has 4 rings (SSSR count). The molecule has 1 aliphatic rings. The van der Waals surface area contributed by atoms with Crippen molar-refractivity contribution in [1.29, 1.82) is 0 Å². The zero-order valence-electron chi connectivity index (χ0n) is 18.2. The zero-order chi connectivity index (χ0) is 22.0. The van der Waals surface area contributed by atoms with E-state index in [1.165, 1.54) is 5.56 Å². The Balaban J connectivity index is 1.38. The number of anilines is 1. The van der Waals surface area contributed by atoms with Gasteiger partial charge in [-0.25, -0.2) is 0 Å². The predicted molar refractivity (Wildman–Crippen MR) is 121 cm³/mol. The number of hydrogen-bond donors (Lipinski definition) is 1. The summed E-state index contributed by atoms with van der Waals surface area (Å²) in [7, 11) is 3.68. The average molecular weight is 417 g/mol. The monoisotopic (exact) mass is 416 g/mol. The van der Waals surface area contributed by atoms with E-state index in [-0.39, 0.29) is 23.7 Å². The van der Waals surface area contributed by atoms with Gasteiger partial charge in [0.15, 0.2) is 0 Å². The molecule has 6 heteroatoms. The van der Waals surface area contributed by atoms with Crippen LogP contribution in [-0.4, -0.2) is 40.1 Å². The number of likely N-dealkylation sites (N-methyl/N-ethyl adjacent to an activating group) is 1. The molecule has 1 aliphatic carbocycles. The Kier molecular flexibility index (Phi) is 5.89. The van der Waals surface area contributed by atoms with Crippen LogP contribution in [0.3, 0.4) is 0 Å². The number of aromatic nitrogens is 2. The first-order valence-corrected chi connectivity index (χ1v) is 10.6. The number of carbonyl (C=O) groups is 2. The van der Waals surface area contributed by atoms with E-state index in [2.05, 4.69) is 22.5 Å². The van der Waals surface area contributed by atoms with E-state index in [1.807, 2.05) is 56.7 Å². The average Bonchev–Trinajstić information content (AvgIpc) is 3.48. The van der Waals surface area contributed by atoms with Crippen LogP contribution in [0.15, 0.2) is 60.9 Å². The van der Waals surface area contributed by atoms with Gasteiger partial charge in [0.25, 0.3) is 5.91 Å². The molecule has 0 saturated heterocycles. The first-order chi connectivity index (χ1) is 14.9. The third-order valence-electron chi connectivity index (χ3n) is 5.94. The van der Waals surface area contributed by atoms with Gasteiger partial charge >= 0.3 is 0 Å². The molecule has 0 unspecified atom stereocenters. The summed E-state index contributed by atoms with van der Waals surface area (Å²) in [5.41, 5.74) is 4.52. The highest BCUT2D eigenvalue weighted by Crippen LogP contribution is 2.48. The van der Waals surface area contributed by atoms with Gasteiger partial charge < -0.3 is 10.2 Å². The van der Waals surface area contributed by atoms with Crippen LogP contribution >= 0.6 is 0 Å². The molecule has 1 aromatic heterocycles. The number of aryl methyl sites for hydroxylation is 2. The Morgan fingerprint density at radius 3 is 2.68 bits per heavy atom. The maximum atomic E-state index is 12.9. The summed E-state index contributed by atoms with van der Waals surface area (Å²) in [6, 6.07) is 15.6. The minimum Gasteiger partial charge on any atom is -0.341 e. The Morgan fingerprint density at radius 1 is 1.19 bits per heavy atom. The molecule has 1 heterocycles. The van der Waals surface area contributed by atoms with Crippen molar-refractivity contribution in [2.24, 2.45) is 13.0 Å². The van der Waals surface area contributed by atoms with Crippen molar-refractivity contribution in [2.75, 3.05) is 18.9 Å². The fourth-order valence-corrected chi connectivity index (χ4v) is 3.89. The lowest BCUT2D eigenvalue weighted by atomic mass is 10.1. The Morgan fingerprint density at radius 2 is 1.97 bits per heavy atom. The lowest BCUT2D eigenvalue weighted by Gasteiger charge is -2.18. The smallest absolute Gasteiger partial charge is 0.253 e. The Bertz CT molecular complexity index is 1090. The molecule has 0 aliphatic heterocycles. The van der Waals surface area contributed by atoms with Crippen molar-refractivity contribution in [1.82, 2.24) is 14.7 Å². The summed E-state index contributed by atoms with van der Waals surface area (Å²) in [6.45, 7) is 2.54. The van der Waals surface area contributed by atoms with Crippen LogP contribution in [0.4, 0.5) is 5.69 Å². The Hall–Kier alpha value is -3.41. The SMILES string of the molecule is Cc1ccc(C(=O)N(C)CCc2cnn(C)c2)cc1NC(=O)[C@@H]1C[C@H]1c1ccccc1. The van der Waals surface area contributed by atoms with E-state index >= 15 is 0 Å². The zero-order valence-corrected chi connectivity index (χ0v) is 18.2. The summed E-state index contributed by atoms with van der Waals surface area (Å²) >= 11 is 0. The molecular formula is C25H28N4O2. The standard InChI is InChI=1S/C25H28N4O2/c1-17-9-10-20(25(31)28(2)12-11-18-15-26-29(3)16-18)13-23(17)27-24(30)22-14-21(22)19-7-5-4-6-8-19/h4-10,13,15-16,21-22H,11-12,14H2,1-3H3,(H,27,30)/t21-,22+/m0/s1. The second kappa shape index (κ2) is 8.76. The van der Waals surface area contributed by atoms with Crippen LogP contribution in [0.2, 0.25) is 0 Å². The lowest BCUT2D eigenvalue weighted by Crippen LogP contribution is -2.29. The molecule has 1 saturated carbocycles. The van der Waals surface area contributed by atoms with Crippen molar-refractivity contribution < 1.29 is 9.59 Å². The summed E-state index contributed by atoms with van der Waals surface area (Å²) < 4.78 is 1.76. The minimum absolute atomic E-state index is 0.0108. The summed E-state index contributed by atoms with van der Waals surface area (Å²) in [4.78, 5) is 27.4. The van der Waals surface area contributed by atoms with E-state index in [4.69, 9.17) is 0 Å². The van der Waals surface area contributed by atoms with E-state index in [9.17, 15) is 9.59 Å². The van der Waals surface area contributed by atoms with E-state index in [0.29, 0.717) is 17.8 Å². The number of amides is 2. The van der Waals surface area contributed by atoms with Crippen LogP contribution in [0, 0.1) is 12.8 Å². The molecule has 1 fully saturated rings. The molecule has 6 nitrogen and oxygen atoms in total. The second-order valence-electron chi connectivity index (χ2n) is 8.38. The molecular weight excluding hydrogens is 388 g/mol. The van der Waals surface area contributed by atoms with Gasteiger partial charge in [0, 0.05) is 44.0 Å². The van der Waals surface area contributed by atoms with Gasteiger partial charge in [0.05, 0.1) is 6.20 Å². The first kappa shape index (κ1) is 20.8. The largest absolute Gasteiger partial charge is 0.341 e. The lowest BCUT2D eigenvalue weighted by molar-refractivity contribution is -0.117. The summed E-state index contributed by atoms with van der Waals surface area (Å²) in [5, 5.41) is 7.21. The van der Waals surface area contributed by atoms with Crippen LogP contribution in [0.25, 0.3) is 0 Å². The van der Waals surface area contributed by atoms with E-state index in [0.717, 1.165) is 24.0 Å². The highest BCUT2D eigenvalue weighted by atomic mass is 16.2. The van der Waals surface area contributed by atoms with Crippen molar-refractivity contribution in [3.05, 3.63) is 83.2 Å². The predicted octanol–water partition coefficient (Wildman–Crippen LogP) is 3.79. The van der Waals surface area contributed by atoms with Gasteiger partial charge in [-0.05, 0) is 54.5 Å². The highest BCUT2D eigenvalue weighted by Gasteiger charge is 2.43.